The van der Waals surface area contributed by atoms with Gasteiger partial charge in [0.05, 0.1) is 17.3 Å². The number of thiocarbonyl (C=S) groups is 1. The standard InChI is InChI=1S/C17H18N2O2S/c1-2-21-15-6-4-3-5-14(15)19-17(20)13-9-7-12(8-10-13)11-16(18)22/h3-10H,2,11H2,1H3,(H2,18,22)(H,19,20). The minimum absolute atomic E-state index is 0.186. The van der Waals surface area contributed by atoms with Gasteiger partial charge in [-0.1, -0.05) is 36.5 Å². The van der Waals surface area contributed by atoms with Crippen molar-refractivity contribution in [2.24, 2.45) is 5.73 Å². The number of hydrogen-bond acceptors (Lipinski definition) is 3. The van der Waals surface area contributed by atoms with Crippen molar-refractivity contribution >= 4 is 28.8 Å². The third-order valence-electron chi connectivity index (χ3n) is 3.03. The first-order valence-electron chi connectivity index (χ1n) is 7.00. The van der Waals surface area contributed by atoms with Crippen molar-refractivity contribution < 1.29 is 9.53 Å². The van der Waals surface area contributed by atoms with E-state index in [9.17, 15) is 4.79 Å². The van der Waals surface area contributed by atoms with E-state index >= 15 is 0 Å². The van der Waals surface area contributed by atoms with Crippen LogP contribution in [0.25, 0.3) is 0 Å². The summed E-state index contributed by atoms with van der Waals surface area (Å²) in [6.07, 6.45) is 0.532. The average molecular weight is 314 g/mol. The second-order valence-corrected chi connectivity index (χ2v) is 5.25. The number of ether oxygens (including phenoxy) is 1. The Kier molecular flexibility index (Phi) is 5.49. The van der Waals surface area contributed by atoms with Gasteiger partial charge in [-0.05, 0) is 36.8 Å². The van der Waals surface area contributed by atoms with Crippen molar-refractivity contribution in [3.05, 3.63) is 59.7 Å². The van der Waals surface area contributed by atoms with Crippen LogP contribution in [-0.2, 0) is 6.42 Å². The molecule has 0 aliphatic carbocycles. The third kappa shape index (κ3) is 4.30. The summed E-state index contributed by atoms with van der Waals surface area (Å²) in [5.41, 5.74) is 7.71. The molecule has 3 N–H and O–H groups in total. The van der Waals surface area contributed by atoms with Gasteiger partial charge >= 0.3 is 0 Å². The summed E-state index contributed by atoms with van der Waals surface area (Å²) in [4.78, 5) is 12.7. The summed E-state index contributed by atoms with van der Waals surface area (Å²) in [6.45, 7) is 2.44. The highest BCUT2D eigenvalue weighted by molar-refractivity contribution is 7.80. The summed E-state index contributed by atoms with van der Waals surface area (Å²) in [6, 6.07) is 14.6. The summed E-state index contributed by atoms with van der Waals surface area (Å²) in [5.74, 6) is 0.470. The molecule has 0 atom stereocenters. The van der Waals surface area contributed by atoms with Crippen molar-refractivity contribution in [1.82, 2.24) is 0 Å². The Balaban J connectivity index is 2.10. The van der Waals surface area contributed by atoms with Gasteiger partial charge in [-0.15, -0.1) is 0 Å². The highest BCUT2D eigenvalue weighted by atomic mass is 32.1. The molecule has 0 saturated heterocycles. The molecule has 22 heavy (non-hydrogen) atoms. The van der Waals surface area contributed by atoms with Gasteiger partial charge in [0, 0.05) is 12.0 Å². The Morgan fingerprint density at radius 1 is 1.18 bits per heavy atom. The summed E-state index contributed by atoms with van der Waals surface area (Å²) in [7, 11) is 0. The lowest BCUT2D eigenvalue weighted by atomic mass is 10.1. The van der Waals surface area contributed by atoms with E-state index < -0.39 is 0 Å². The number of hydrogen-bond donors (Lipinski definition) is 2. The molecule has 114 valence electrons. The average Bonchev–Trinajstić information content (AvgIpc) is 2.49. The summed E-state index contributed by atoms with van der Waals surface area (Å²) >= 11 is 4.87. The minimum atomic E-state index is -0.186. The summed E-state index contributed by atoms with van der Waals surface area (Å²) < 4.78 is 5.49. The van der Waals surface area contributed by atoms with Crippen LogP contribution in [0, 0.1) is 0 Å². The third-order valence-corrected chi connectivity index (χ3v) is 3.17. The molecule has 0 radical (unpaired) electrons. The molecule has 2 aromatic carbocycles. The molecule has 5 heteroatoms. The zero-order valence-electron chi connectivity index (χ0n) is 12.3. The van der Waals surface area contributed by atoms with Crippen LogP contribution in [0.4, 0.5) is 5.69 Å². The van der Waals surface area contributed by atoms with Crippen LogP contribution < -0.4 is 15.8 Å². The first-order valence-corrected chi connectivity index (χ1v) is 7.41. The van der Waals surface area contributed by atoms with Crippen molar-refractivity contribution in [3.63, 3.8) is 0 Å². The molecule has 0 unspecified atom stereocenters. The lowest BCUT2D eigenvalue weighted by Crippen LogP contribution is -2.14. The maximum atomic E-state index is 12.3. The van der Waals surface area contributed by atoms with Crippen molar-refractivity contribution in [1.29, 1.82) is 0 Å². The number of anilines is 1. The molecular weight excluding hydrogens is 296 g/mol. The van der Waals surface area contributed by atoms with E-state index in [1.807, 2.05) is 43.3 Å². The molecule has 0 heterocycles. The van der Waals surface area contributed by atoms with Gasteiger partial charge in [-0.3, -0.25) is 4.79 Å². The van der Waals surface area contributed by atoms with Crippen molar-refractivity contribution in [2.75, 3.05) is 11.9 Å². The van der Waals surface area contributed by atoms with Crippen molar-refractivity contribution in [2.45, 2.75) is 13.3 Å². The lowest BCUT2D eigenvalue weighted by Gasteiger charge is -2.11. The van der Waals surface area contributed by atoms with Gasteiger partial charge in [0.1, 0.15) is 5.75 Å². The fraction of sp³-hybridized carbons (Fsp3) is 0.176. The number of amides is 1. The molecule has 0 aliphatic rings. The predicted molar refractivity (Wildman–Crippen MR) is 92.5 cm³/mol. The topological polar surface area (TPSA) is 64.3 Å². The van der Waals surface area contributed by atoms with Crippen LogP contribution in [0.2, 0.25) is 0 Å². The Bertz CT molecular complexity index is 669. The molecule has 2 rings (SSSR count). The maximum Gasteiger partial charge on any atom is 0.255 e. The molecule has 2 aromatic rings. The highest BCUT2D eigenvalue weighted by Crippen LogP contribution is 2.24. The van der Waals surface area contributed by atoms with E-state index in [1.54, 1.807) is 12.1 Å². The first kappa shape index (κ1) is 16.0. The van der Waals surface area contributed by atoms with Gasteiger partial charge in [-0.2, -0.15) is 0 Å². The highest BCUT2D eigenvalue weighted by Gasteiger charge is 2.09. The number of carbonyl (C=O) groups is 1. The zero-order chi connectivity index (χ0) is 15.9. The van der Waals surface area contributed by atoms with Crippen molar-refractivity contribution in [3.8, 4) is 5.75 Å². The molecular formula is C17H18N2O2S. The van der Waals surface area contributed by atoms with E-state index in [-0.39, 0.29) is 5.91 Å². The van der Waals surface area contributed by atoms with E-state index in [0.29, 0.717) is 35.0 Å². The predicted octanol–water partition coefficient (Wildman–Crippen LogP) is 3.17. The molecule has 0 spiro atoms. The van der Waals surface area contributed by atoms with E-state index in [1.165, 1.54) is 0 Å². The van der Waals surface area contributed by atoms with Gasteiger partial charge < -0.3 is 15.8 Å². The van der Waals surface area contributed by atoms with E-state index in [0.717, 1.165) is 5.56 Å². The molecule has 4 nitrogen and oxygen atoms in total. The second-order valence-electron chi connectivity index (χ2n) is 4.72. The number of rotatable bonds is 6. The number of benzene rings is 2. The molecule has 0 saturated carbocycles. The minimum Gasteiger partial charge on any atom is -0.492 e. The lowest BCUT2D eigenvalue weighted by molar-refractivity contribution is 0.102. The fourth-order valence-electron chi connectivity index (χ4n) is 2.02. The smallest absolute Gasteiger partial charge is 0.255 e. The van der Waals surface area contributed by atoms with Crippen LogP contribution in [0.3, 0.4) is 0 Å². The largest absolute Gasteiger partial charge is 0.492 e. The maximum absolute atomic E-state index is 12.3. The normalized spacial score (nSPS) is 10.0. The quantitative estimate of drug-likeness (QED) is 0.804. The Labute approximate surface area is 135 Å². The van der Waals surface area contributed by atoms with Crippen LogP contribution in [0.15, 0.2) is 48.5 Å². The summed E-state index contributed by atoms with van der Waals surface area (Å²) in [5, 5.41) is 2.86. The second kappa shape index (κ2) is 7.56. The first-order chi connectivity index (χ1) is 10.6. The van der Waals surface area contributed by atoms with Gasteiger partial charge in [0.15, 0.2) is 0 Å². The molecule has 0 fully saturated rings. The zero-order valence-corrected chi connectivity index (χ0v) is 13.2. The SMILES string of the molecule is CCOc1ccccc1NC(=O)c1ccc(CC(N)=S)cc1. The van der Waals surface area contributed by atoms with E-state index in [4.69, 9.17) is 22.7 Å². The van der Waals surface area contributed by atoms with Gasteiger partial charge in [0.2, 0.25) is 0 Å². The Morgan fingerprint density at radius 3 is 2.50 bits per heavy atom. The monoisotopic (exact) mass is 314 g/mol. The van der Waals surface area contributed by atoms with E-state index in [2.05, 4.69) is 5.32 Å². The van der Waals surface area contributed by atoms with Crippen LogP contribution in [0.1, 0.15) is 22.8 Å². The van der Waals surface area contributed by atoms with Crippen LogP contribution in [0.5, 0.6) is 5.75 Å². The molecule has 1 amide bonds. The Hall–Kier alpha value is -2.40. The van der Waals surface area contributed by atoms with Crippen LogP contribution in [-0.4, -0.2) is 17.5 Å². The van der Waals surface area contributed by atoms with Crippen LogP contribution >= 0.6 is 12.2 Å². The van der Waals surface area contributed by atoms with Gasteiger partial charge in [0.25, 0.3) is 5.91 Å². The molecule has 0 aromatic heterocycles. The fourth-order valence-corrected chi connectivity index (χ4v) is 2.19. The number of nitrogens with one attached hydrogen (secondary N) is 1. The number of carbonyl (C=O) groups excluding carboxylic acids is 1. The van der Waals surface area contributed by atoms with Gasteiger partial charge in [-0.25, -0.2) is 0 Å². The Morgan fingerprint density at radius 2 is 1.86 bits per heavy atom. The number of para-hydroxylation sites is 2. The molecule has 0 bridgehead atoms. The molecule has 0 aliphatic heterocycles. The number of nitrogens with two attached hydrogens (primary N) is 1.